The molecule has 1 aromatic carbocycles. The molecule has 0 atom stereocenters. The van der Waals surface area contributed by atoms with Crippen molar-refractivity contribution in [3.63, 3.8) is 0 Å². The molecule has 36 heavy (non-hydrogen) atoms. The molecule has 2 N–H and O–H groups in total. The summed E-state index contributed by atoms with van der Waals surface area (Å²) in [5, 5.41) is 0.346. The highest BCUT2D eigenvalue weighted by atomic mass is 35.5. The molecule has 5 rings (SSSR count). The molecule has 0 saturated heterocycles. The minimum absolute atomic E-state index is 0.148. The van der Waals surface area contributed by atoms with Crippen LogP contribution in [0.4, 0.5) is 0 Å². The molecule has 0 saturated carbocycles. The first-order chi connectivity index (χ1) is 17.4. The number of hydrogen-bond donors (Lipinski definition) is 2. The van der Waals surface area contributed by atoms with Gasteiger partial charge in [0.2, 0.25) is 0 Å². The van der Waals surface area contributed by atoms with E-state index in [9.17, 15) is 14.4 Å². The van der Waals surface area contributed by atoms with Crippen molar-refractivity contribution in [3.05, 3.63) is 115 Å². The summed E-state index contributed by atoms with van der Waals surface area (Å²) < 4.78 is 12.4. The lowest BCUT2D eigenvalue weighted by atomic mass is 10.0. The average molecular weight is 504 g/mol. The first-order valence-electron chi connectivity index (χ1n) is 10.7. The number of aryl methyl sites for hydroxylation is 1. The van der Waals surface area contributed by atoms with Gasteiger partial charge in [-0.15, -0.1) is 0 Å². The monoisotopic (exact) mass is 503 g/mol. The molecule has 4 aromatic heterocycles. The standard InChI is InChI=1S/C25H18ClN5O5/c1-14-22(29-13-36-14)12-35-19-6-15(5-17(26)8-19)20-7-16(21-10-28-25(34)30-23(21)32)11-31(24(20)33)18-3-2-4-27-9-18/h2-11,13H,12H2,1H3,(H2,28,30,32,34). The summed E-state index contributed by atoms with van der Waals surface area (Å²) in [6.45, 7) is 1.93. The van der Waals surface area contributed by atoms with E-state index >= 15 is 0 Å². The molecule has 0 fully saturated rings. The van der Waals surface area contributed by atoms with Gasteiger partial charge in [0, 0.05) is 34.7 Å². The molecular weight excluding hydrogens is 486 g/mol. The zero-order chi connectivity index (χ0) is 25.2. The quantitative estimate of drug-likeness (QED) is 0.362. The lowest BCUT2D eigenvalue weighted by Crippen LogP contribution is -2.24. The van der Waals surface area contributed by atoms with E-state index < -0.39 is 11.2 Å². The van der Waals surface area contributed by atoms with Gasteiger partial charge in [0.1, 0.15) is 23.8 Å². The number of oxazole rings is 1. The molecule has 0 aliphatic heterocycles. The van der Waals surface area contributed by atoms with Crippen LogP contribution in [0.25, 0.3) is 27.9 Å². The average Bonchev–Trinajstić information content (AvgIpc) is 3.28. The van der Waals surface area contributed by atoms with Gasteiger partial charge in [-0.3, -0.25) is 24.1 Å². The van der Waals surface area contributed by atoms with Gasteiger partial charge in [0.25, 0.3) is 11.1 Å². The number of aromatic nitrogens is 5. The van der Waals surface area contributed by atoms with Crippen LogP contribution in [0.3, 0.4) is 0 Å². The highest BCUT2D eigenvalue weighted by Crippen LogP contribution is 2.30. The topological polar surface area (TPSA) is 136 Å². The second kappa shape index (κ2) is 9.51. The number of halogens is 1. The number of aromatic amines is 2. The maximum Gasteiger partial charge on any atom is 0.325 e. The summed E-state index contributed by atoms with van der Waals surface area (Å²) in [7, 11) is 0. The van der Waals surface area contributed by atoms with Crippen molar-refractivity contribution >= 4 is 11.6 Å². The molecule has 0 radical (unpaired) electrons. The summed E-state index contributed by atoms with van der Waals surface area (Å²) in [5.74, 6) is 1.05. The molecule has 0 amide bonds. The first-order valence-corrected chi connectivity index (χ1v) is 11.1. The van der Waals surface area contributed by atoms with Crippen molar-refractivity contribution in [3.8, 4) is 33.7 Å². The molecule has 0 spiro atoms. The van der Waals surface area contributed by atoms with Gasteiger partial charge >= 0.3 is 5.69 Å². The van der Waals surface area contributed by atoms with Crippen molar-refractivity contribution < 1.29 is 9.15 Å². The fourth-order valence-corrected chi connectivity index (χ4v) is 3.89. The molecule has 0 unspecified atom stereocenters. The smallest absolute Gasteiger partial charge is 0.325 e. The number of rotatable bonds is 6. The van der Waals surface area contributed by atoms with Gasteiger partial charge in [-0.25, -0.2) is 9.78 Å². The molecular formula is C25H18ClN5O5. The zero-order valence-electron chi connectivity index (χ0n) is 18.8. The second-order valence-electron chi connectivity index (χ2n) is 7.83. The van der Waals surface area contributed by atoms with Gasteiger partial charge in [-0.2, -0.15) is 0 Å². The fraction of sp³-hybridized carbons (Fsp3) is 0.0800. The van der Waals surface area contributed by atoms with Crippen molar-refractivity contribution in [1.29, 1.82) is 0 Å². The van der Waals surface area contributed by atoms with Gasteiger partial charge in [-0.1, -0.05) is 11.6 Å². The molecule has 4 heterocycles. The Morgan fingerprint density at radius 2 is 1.97 bits per heavy atom. The number of hydrogen-bond acceptors (Lipinski definition) is 7. The highest BCUT2D eigenvalue weighted by Gasteiger charge is 2.16. The van der Waals surface area contributed by atoms with Crippen LogP contribution < -0.4 is 21.5 Å². The zero-order valence-corrected chi connectivity index (χ0v) is 19.6. The Hall–Kier alpha value is -4.70. The van der Waals surface area contributed by atoms with Gasteiger partial charge in [0.15, 0.2) is 6.39 Å². The number of pyridine rings is 2. The van der Waals surface area contributed by atoms with Gasteiger partial charge in [0.05, 0.1) is 17.4 Å². The second-order valence-corrected chi connectivity index (χ2v) is 8.27. The molecule has 5 aromatic rings. The van der Waals surface area contributed by atoms with E-state index in [2.05, 4.69) is 19.9 Å². The van der Waals surface area contributed by atoms with Gasteiger partial charge in [-0.05, 0) is 48.9 Å². The van der Waals surface area contributed by atoms with Crippen molar-refractivity contribution in [1.82, 2.24) is 24.5 Å². The predicted octanol–water partition coefficient (Wildman–Crippen LogP) is 3.47. The molecule has 11 heteroatoms. The van der Waals surface area contributed by atoms with Crippen LogP contribution in [0.1, 0.15) is 11.5 Å². The Morgan fingerprint density at radius 1 is 1.11 bits per heavy atom. The predicted molar refractivity (Wildman–Crippen MR) is 133 cm³/mol. The first kappa shape index (κ1) is 23.1. The molecule has 180 valence electrons. The van der Waals surface area contributed by atoms with Crippen LogP contribution in [0.15, 0.2) is 86.4 Å². The lowest BCUT2D eigenvalue weighted by molar-refractivity contribution is 0.299. The molecule has 0 aliphatic carbocycles. The molecule has 0 bridgehead atoms. The summed E-state index contributed by atoms with van der Waals surface area (Å²) >= 11 is 6.37. The molecule has 10 nitrogen and oxygen atoms in total. The summed E-state index contributed by atoms with van der Waals surface area (Å²) in [4.78, 5) is 50.5. The van der Waals surface area contributed by atoms with E-state index in [-0.39, 0.29) is 23.3 Å². The van der Waals surface area contributed by atoms with Crippen LogP contribution in [0.2, 0.25) is 5.02 Å². The third-order valence-electron chi connectivity index (χ3n) is 5.47. The van der Waals surface area contributed by atoms with Crippen molar-refractivity contribution in [2.45, 2.75) is 13.5 Å². The Balaban J connectivity index is 1.66. The van der Waals surface area contributed by atoms with E-state index in [4.69, 9.17) is 20.8 Å². The maximum absolute atomic E-state index is 13.6. The van der Waals surface area contributed by atoms with Gasteiger partial charge < -0.3 is 14.1 Å². The Bertz CT molecular complexity index is 1740. The molecule has 0 aliphatic rings. The van der Waals surface area contributed by atoms with Crippen molar-refractivity contribution in [2.24, 2.45) is 0 Å². The summed E-state index contributed by atoms with van der Waals surface area (Å²) in [6.07, 6.45) is 7.26. The van der Waals surface area contributed by atoms with E-state index in [1.165, 1.54) is 29.6 Å². The van der Waals surface area contributed by atoms with Crippen LogP contribution in [-0.4, -0.2) is 24.5 Å². The fourth-order valence-electron chi connectivity index (χ4n) is 3.67. The third kappa shape index (κ3) is 4.62. The number of ether oxygens (including phenoxy) is 1. The maximum atomic E-state index is 13.6. The number of nitrogens with zero attached hydrogens (tertiary/aromatic N) is 3. The minimum Gasteiger partial charge on any atom is -0.487 e. The number of H-pyrrole nitrogens is 2. The van der Waals surface area contributed by atoms with Crippen LogP contribution in [0, 0.1) is 6.92 Å². The number of nitrogens with one attached hydrogen (secondary N) is 2. The van der Waals surface area contributed by atoms with Crippen LogP contribution in [-0.2, 0) is 6.61 Å². The van der Waals surface area contributed by atoms with Crippen LogP contribution >= 0.6 is 11.6 Å². The summed E-state index contributed by atoms with van der Waals surface area (Å²) in [6, 6.07) is 9.89. The normalized spacial score (nSPS) is 10.9. The van der Waals surface area contributed by atoms with E-state index in [1.807, 2.05) is 0 Å². The third-order valence-corrected chi connectivity index (χ3v) is 5.69. The minimum atomic E-state index is -0.636. The van der Waals surface area contributed by atoms with E-state index in [1.54, 1.807) is 49.5 Å². The van der Waals surface area contributed by atoms with Crippen LogP contribution in [0.5, 0.6) is 5.75 Å². The summed E-state index contributed by atoms with van der Waals surface area (Å²) in [5.41, 5.74) is 0.823. The Labute approximate surface area is 207 Å². The van der Waals surface area contributed by atoms with E-state index in [0.29, 0.717) is 39.0 Å². The SMILES string of the molecule is Cc1ocnc1COc1cc(Cl)cc(-c2cc(-c3c[nH]c(=O)[nH]c3=O)cn(-c3cccnc3)c2=O)c1. The Morgan fingerprint density at radius 3 is 2.69 bits per heavy atom. The highest BCUT2D eigenvalue weighted by molar-refractivity contribution is 6.31. The Kier molecular flexibility index (Phi) is 6.09. The largest absolute Gasteiger partial charge is 0.487 e. The number of benzene rings is 1. The van der Waals surface area contributed by atoms with E-state index in [0.717, 1.165) is 0 Å². The lowest BCUT2D eigenvalue weighted by Gasteiger charge is -2.13. The van der Waals surface area contributed by atoms with Crippen molar-refractivity contribution in [2.75, 3.05) is 0 Å².